The Morgan fingerprint density at radius 3 is 2.53 bits per heavy atom. The van der Waals surface area contributed by atoms with Crippen molar-refractivity contribution in [3.05, 3.63) is 65.5 Å². The molecule has 1 aromatic heterocycles. The number of fused-ring (bicyclic) bond motifs is 3. The molecular formula is C22H20N2O4S2. The van der Waals surface area contributed by atoms with Gasteiger partial charge in [0.25, 0.3) is 0 Å². The summed E-state index contributed by atoms with van der Waals surface area (Å²) in [7, 11) is -0.207. The predicted molar refractivity (Wildman–Crippen MR) is 119 cm³/mol. The number of nitrogens with zero attached hydrogens (tertiary/aromatic N) is 2. The number of aromatic nitrogens is 1. The number of carbonyl (C=O) groups is 1. The first-order valence-corrected chi connectivity index (χ1v) is 11.8. The summed E-state index contributed by atoms with van der Waals surface area (Å²) in [6.45, 7) is 0. The van der Waals surface area contributed by atoms with E-state index in [0.717, 1.165) is 21.0 Å². The van der Waals surface area contributed by atoms with Crippen molar-refractivity contribution in [1.29, 1.82) is 0 Å². The van der Waals surface area contributed by atoms with Crippen molar-refractivity contribution < 1.29 is 17.9 Å². The second-order valence-corrected chi connectivity index (χ2v) is 9.92. The van der Waals surface area contributed by atoms with Gasteiger partial charge in [-0.2, -0.15) is 4.99 Å². The van der Waals surface area contributed by atoms with Gasteiger partial charge in [-0.25, -0.2) is 8.42 Å². The Labute approximate surface area is 178 Å². The molecule has 0 unspecified atom stereocenters. The maximum absolute atomic E-state index is 12.5. The van der Waals surface area contributed by atoms with Crippen LogP contribution in [0.3, 0.4) is 0 Å². The number of amides is 1. The lowest BCUT2D eigenvalue weighted by Gasteiger charge is -2.04. The minimum atomic E-state index is -3.58. The van der Waals surface area contributed by atoms with E-state index < -0.39 is 15.7 Å². The van der Waals surface area contributed by atoms with Gasteiger partial charge in [-0.3, -0.25) is 4.79 Å². The summed E-state index contributed by atoms with van der Waals surface area (Å²) in [5.74, 6) is -0.178. The van der Waals surface area contributed by atoms with Crippen LogP contribution in [0.25, 0.3) is 21.0 Å². The Hall–Kier alpha value is -2.97. The van der Waals surface area contributed by atoms with E-state index in [1.807, 2.05) is 48.0 Å². The van der Waals surface area contributed by atoms with Gasteiger partial charge >= 0.3 is 0 Å². The van der Waals surface area contributed by atoms with Crippen LogP contribution in [-0.4, -0.2) is 31.8 Å². The van der Waals surface area contributed by atoms with Crippen LogP contribution >= 0.6 is 11.3 Å². The zero-order valence-corrected chi connectivity index (χ0v) is 18.2. The molecule has 0 aliphatic heterocycles. The molecule has 0 N–H and O–H groups in total. The fourth-order valence-electron chi connectivity index (χ4n) is 3.25. The highest BCUT2D eigenvalue weighted by atomic mass is 32.2. The first kappa shape index (κ1) is 20.3. The molecule has 0 atom stereocenters. The summed E-state index contributed by atoms with van der Waals surface area (Å²) in [4.78, 5) is 17.3. The van der Waals surface area contributed by atoms with E-state index in [9.17, 15) is 13.2 Å². The zero-order chi connectivity index (χ0) is 21.3. The lowest BCUT2D eigenvalue weighted by atomic mass is 10.1. The molecule has 0 bridgehead atoms. The molecule has 1 amide bonds. The molecule has 0 aliphatic carbocycles. The molecule has 6 nitrogen and oxygen atoms in total. The Morgan fingerprint density at radius 2 is 1.80 bits per heavy atom. The maximum Gasteiger partial charge on any atom is 0.249 e. The molecule has 0 aliphatic rings. The number of hydrogen-bond acceptors (Lipinski definition) is 5. The van der Waals surface area contributed by atoms with Gasteiger partial charge < -0.3 is 9.30 Å². The summed E-state index contributed by atoms with van der Waals surface area (Å²) in [6, 6.07) is 18.2. The normalized spacial score (nSPS) is 12.5. The molecule has 0 fully saturated rings. The summed E-state index contributed by atoms with van der Waals surface area (Å²) in [5.41, 5.74) is 0.983. The lowest BCUT2D eigenvalue weighted by molar-refractivity contribution is -0.117. The minimum absolute atomic E-state index is 0.162. The van der Waals surface area contributed by atoms with Gasteiger partial charge in [0, 0.05) is 18.9 Å². The smallest absolute Gasteiger partial charge is 0.249 e. The van der Waals surface area contributed by atoms with Crippen LogP contribution in [0, 0.1) is 0 Å². The number of aryl methyl sites for hydroxylation is 1. The molecular weight excluding hydrogens is 420 g/mol. The second kappa shape index (κ2) is 8.04. The van der Waals surface area contributed by atoms with E-state index in [-0.39, 0.29) is 17.1 Å². The Balaban J connectivity index is 1.59. The standard InChI is InChI=1S/C22H20N2O4S2/c1-24-19-12-7-15-5-3-4-6-18(15)21(19)29-22(24)23-20(25)13-14-30(26,27)17-10-8-16(28-2)9-11-17/h3-12H,13-14H2,1-2H3. The number of benzene rings is 3. The Kier molecular flexibility index (Phi) is 5.44. The topological polar surface area (TPSA) is 77.7 Å². The van der Waals surface area contributed by atoms with E-state index >= 15 is 0 Å². The van der Waals surface area contributed by atoms with Gasteiger partial charge in [-0.15, -0.1) is 0 Å². The van der Waals surface area contributed by atoms with Crippen LogP contribution in [0.2, 0.25) is 0 Å². The number of methoxy groups -OCH3 is 1. The van der Waals surface area contributed by atoms with Gasteiger partial charge in [0.15, 0.2) is 14.6 Å². The Bertz CT molecular complexity index is 1420. The van der Waals surface area contributed by atoms with Gasteiger partial charge in [-0.05, 0) is 35.7 Å². The van der Waals surface area contributed by atoms with Crippen LogP contribution < -0.4 is 9.54 Å². The molecule has 0 spiro atoms. The van der Waals surface area contributed by atoms with Crippen molar-refractivity contribution in [2.24, 2.45) is 12.0 Å². The average molecular weight is 441 g/mol. The van der Waals surface area contributed by atoms with Crippen molar-refractivity contribution in [2.45, 2.75) is 11.3 Å². The lowest BCUT2D eigenvalue weighted by Crippen LogP contribution is -2.15. The van der Waals surface area contributed by atoms with Crippen LogP contribution in [-0.2, 0) is 21.7 Å². The molecule has 0 saturated carbocycles. The fraction of sp³-hybridized carbons (Fsp3) is 0.182. The molecule has 0 radical (unpaired) electrons. The first-order chi connectivity index (χ1) is 14.4. The molecule has 8 heteroatoms. The monoisotopic (exact) mass is 440 g/mol. The van der Waals surface area contributed by atoms with Crippen LogP contribution in [0.15, 0.2) is 70.6 Å². The third-order valence-corrected chi connectivity index (χ3v) is 7.84. The Morgan fingerprint density at radius 1 is 1.07 bits per heavy atom. The SMILES string of the molecule is COc1ccc(S(=O)(=O)CCC(=O)N=c2sc3c4ccccc4ccc3n2C)cc1. The molecule has 4 aromatic rings. The van der Waals surface area contributed by atoms with Crippen molar-refractivity contribution in [1.82, 2.24) is 4.57 Å². The average Bonchev–Trinajstić information content (AvgIpc) is 3.08. The van der Waals surface area contributed by atoms with Crippen molar-refractivity contribution >= 4 is 48.1 Å². The summed E-state index contributed by atoms with van der Waals surface area (Å²) in [6.07, 6.45) is -0.177. The highest BCUT2D eigenvalue weighted by Crippen LogP contribution is 2.27. The highest BCUT2D eigenvalue weighted by molar-refractivity contribution is 7.91. The van der Waals surface area contributed by atoms with Gasteiger partial charge in [0.1, 0.15) is 5.75 Å². The number of ether oxygens (including phenoxy) is 1. The zero-order valence-electron chi connectivity index (χ0n) is 16.5. The van der Waals surface area contributed by atoms with Crippen molar-refractivity contribution in [2.75, 3.05) is 12.9 Å². The first-order valence-electron chi connectivity index (χ1n) is 9.31. The number of rotatable bonds is 5. The van der Waals surface area contributed by atoms with E-state index in [2.05, 4.69) is 4.99 Å². The molecule has 4 rings (SSSR count). The predicted octanol–water partition coefficient (Wildman–Crippen LogP) is 3.69. The van der Waals surface area contributed by atoms with Gasteiger partial charge in [0.05, 0.1) is 28.0 Å². The number of thiazole rings is 1. The fourth-order valence-corrected chi connectivity index (χ4v) is 5.65. The molecule has 30 heavy (non-hydrogen) atoms. The molecule has 3 aromatic carbocycles. The van der Waals surface area contributed by atoms with Crippen LogP contribution in [0.5, 0.6) is 5.75 Å². The molecule has 154 valence electrons. The van der Waals surface area contributed by atoms with Gasteiger partial charge in [-0.1, -0.05) is 41.7 Å². The van der Waals surface area contributed by atoms with E-state index in [0.29, 0.717) is 10.6 Å². The van der Waals surface area contributed by atoms with Crippen LogP contribution in [0.4, 0.5) is 0 Å². The number of sulfone groups is 1. The maximum atomic E-state index is 12.5. The van der Waals surface area contributed by atoms with E-state index in [1.54, 1.807) is 12.1 Å². The van der Waals surface area contributed by atoms with Crippen LogP contribution in [0.1, 0.15) is 6.42 Å². The molecule has 0 saturated heterocycles. The van der Waals surface area contributed by atoms with E-state index in [1.165, 1.54) is 30.6 Å². The second-order valence-electron chi connectivity index (χ2n) is 6.83. The van der Waals surface area contributed by atoms with E-state index in [4.69, 9.17) is 4.74 Å². The third-order valence-electron chi connectivity index (χ3n) is 4.92. The highest BCUT2D eigenvalue weighted by Gasteiger charge is 2.17. The minimum Gasteiger partial charge on any atom is -0.497 e. The summed E-state index contributed by atoms with van der Waals surface area (Å²) in [5, 5.41) is 2.22. The van der Waals surface area contributed by atoms with Crippen molar-refractivity contribution in [3.8, 4) is 5.75 Å². The number of hydrogen-bond donors (Lipinski definition) is 0. The molecule has 1 heterocycles. The van der Waals surface area contributed by atoms with Crippen molar-refractivity contribution in [3.63, 3.8) is 0 Å². The number of carbonyl (C=O) groups excluding carboxylic acids is 1. The summed E-state index contributed by atoms with van der Waals surface area (Å²) < 4.78 is 33.0. The summed E-state index contributed by atoms with van der Waals surface area (Å²) >= 11 is 1.43. The largest absolute Gasteiger partial charge is 0.497 e. The third kappa shape index (κ3) is 3.88. The quantitative estimate of drug-likeness (QED) is 0.474. The van der Waals surface area contributed by atoms with Gasteiger partial charge in [0.2, 0.25) is 5.91 Å².